The molecule has 1 aromatic rings. The van der Waals surface area contributed by atoms with Gasteiger partial charge >= 0.3 is 0 Å². The number of para-hydroxylation sites is 1. The van der Waals surface area contributed by atoms with E-state index in [-0.39, 0.29) is 11.0 Å². The summed E-state index contributed by atoms with van der Waals surface area (Å²) >= 11 is 0. The highest BCUT2D eigenvalue weighted by atomic mass is 16.6. The van der Waals surface area contributed by atoms with E-state index < -0.39 is 6.04 Å². The van der Waals surface area contributed by atoms with Crippen LogP contribution in [0.15, 0.2) is 24.3 Å². The molecular formula is C13H18N2O2. The fourth-order valence-electron chi connectivity index (χ4n) is 2.47. The van der Waals surface area contributed by atoms with E-state index in [1.165, 1.54) is 0 Å². The lowest BCUT2D eigenvalue weighted by molar-refractivity contribution is -0.527. The molecule has 92 valence electrons. The molecule has 1 saturated carbocycles. The molecule has 0 heterocycles. The number of benzene rings is 1. The van der Waals surface area contributed by atoms with Crippen LogP contribution in [0.1, 0.15) is 31.2 Å². The van der Waals surface area contributed by atoms with E-state index in [0.29, 0.717) is 6.42 Å². The van der Waals surface area contributed by atoms with E-state index in [0.717, 1.165) is 30.5 Å². The van der Waals surface area contributed by atoms with E-state index in [1.807, 2.05) is 31.2 Å². The Hall–Kier alpha value is -1.58. The first-order valence-corrected chi connectivity index (χ1v) is 6.14. The minimum Gasteiger partial charge on any atom is -0.375 e. The van der Waals surface area contributed by atoms with Crippen LogP contribution < -0.4 is 5.32 Å². The Bertz CT molecular complexity index is 406. The second-order valence-corrected chi connectivity index (χ2v) is 4.70. The van der Waals surface area contributed by atoms with E-state index in [4.69, 9.17) is 0 Å². The Morgan fingerprint density at radius 3 is 2.71 bits per heavy atom. The van der Waals surface area contributed by atoms with Gasteiger partial charge in [0.15, 0.2) is 0 Å². The number of anilines is 1. The van der Waals surface area contributed by atoms with E-state index in [1.54, 1.807) is 0 Å². The number of nitro groups is 1. The average molecular weight is 234 g/mol. The topological polar surface area (TPSA) is 55.2 Å². The van der Waals surface area contributed by atoms with Crippen molar-refractivity contribution < 1.29 is 4.92 Å². The van der Waals surface area contributed by atoms with Gasteiger partial charge in [-0.1, -0.05) is 24.6 Å². The maximum Gasteiger partial charge on any atom is 0.232 e. The molecule has 0 unspecified atom stereocenters. The Balaban J connectivity index is 2.11. The lowest BCUT2D eigenvalue weighted by atomic mass is 9.90. The van der Waals surface area contributed by atoms with Crippen molar-refractivity contribution in [3.8, 4) is 0 Å². The van der Waals surface area contributed by atoms with Gasteiger partial charge in [0, 0.05) is 17.0 Å². The standard InChI is InChI=1S/C13H18N2O2/c1-10-6-2-3-7-11(10)14-12-8-4-5-9-13(12)15(16)17/h2-3,6-7,12-14H,4-5,8-9H2,1H3/t12-,13-/m0/s1. The van der Waals surface area contributed by atoms with Crippen LogP contribution in [0, 0.1) is 17.0 Å². The van der Waals surface area contributed by atoms with Crippen LogP contribution in [0.2, 0.25) is 0 Å². The zero-order valence-corrected chi connectivity index (χ0v) is 10.1. The van der Waals surface area contributed by atoms with E-state index in [9.17, 15) is 10.1 Å². The van der Waals surface area contributed by atoms with Crippen molar-refractivity contribution in [2.45, 2.75) is 44.7 Å². The Labute approximate surface area is 101 Å². The van der Waals surface area contributed by atoms with Gasteiger partial charge < -0.3 is 5.32 Å². The number of nitrogens with one attached hydrogen (secondary N) is 1. The molecule has 1 aliphatic rings. The number of hydrogen-bond donors (Lipinski definition) is 1. The molecule has 2 rings (SSSR count). The van der Waals surface area contributed by atoms with Crippen molar-refractivity contribution >= 4 is 5.69 Å². The smallest absolute Gasteiger partial charge is 0.232 e. The summed E-state index contributed by atoms with van der Waals surface area (Å²) < 4.78 is 0. The molecule has 1 N–H and O–H groups in total. The Morgan fingerprint density at radius 1 is 1.29 bits per heavy atom. The first-order valence-electron chi connectivity index (χ1n) is 6.14. The van der Waals surface area contributed by atoms with Gasteiger partial charge in [0.1, 0.15) is 0 Å². The largest absolute Gasteiger partial charge is 0.375 e. The highest BCUT2D eigenvalue weighted by Crippen LogP contribution is 2.25. The maximum absolute atomic E-state index is 11.0. The number of hydrogen-bond acceptors (Lipinski definition) is 3. The monoisotopic (exact) mass is 234 g/mol. The van der Waals surface area contributed by atoms with Crippen LogP contribution in [-0.2, 0) is 0 Å². The third-order valence-electron chi connectivity index (χ3n) is 3.49. The van der Waals surface area contributed by atoms with Crippen LogP contribution in [0.25, 0.3) is 0 Å². The van der Waals surface area contributed by atoms with Crippen molar-refractivity contribution in [1.82, 2.24) is 0 Å². The van der Waals surface area contributed by atoms with E-state index >= 15 is 0 Å². The molecule has 0 bridgehead atoms. The minimum absolute atomic E-state index is 0.0279. The minimum atomic E-state index is -0.441. The van der Waals surface area contributed by atoms with Crippen molar-refractivity contribution in [3.05, 3.63) is 39.9 Å². The summed E-state index contributed by atoms with van der Waals surface area (Å²) in [5, 5.41) is 14.3. The van der Waals surface area contributed by atoms with Crippen molar-refractivity contribution in [2.75, 3.05) is 5.32 Å². The molecular weight excluding hydrogens is 216 g/mol. The summed E-state index contributed by atoms with van der Waals surface area (Å²) in [5.41, 5.74) is 2.16. The fraction of sp³-hybridized carbons (Fsp3) is 0.538. The lowest BCUT2D eigenvalue weighted by Gasteiger charge is -2.27. The second kappa shape index (κ2) is 5.17. The zero-order chi connectivity index (χ0) is 12.3. The van der Waals surface area contributed by atoms with Gasteiger partial charge in [0.05, 0.1) is 6.04 Å². The third kappa shape index (κ3) is 2.75. The summed E-state index contributed by atoms with van der Waals surface area (Å²) in [6.45, 7) is 2.02. The molecule has 4 nitrogen and oxygen atoms in total. The lowest BCUT2D eigenvalue weighted by Crippen LogP contribution is -2.41. The molecule has 0 saturated heterocycles. The number of aryl methyl sites for hydroxylation is 1. The molecule has 0 amide bonds. The van der Waals surface area contributed by atoms with E-state index in [2.05, 4.69) is 5.32 Å². The molecule has 0 aliphatic heterocycles. The Morgan fingerprint density at radius 2 is 2.00 bits per heavy atom. The van der Waals surface area contributed by atoms with Gasteiger partial charge in [0.2, 0.25) is 6.04 Å². The van der Waals surface area contributed by atoms with Gasteiger partial charge in [-0.25, -0.2) is 0 Å². The first kappa shape index (κ1) is 11.9. The van der Waals surface area contributed by atoms with Gasteiger partial charge in [-0.2, -0.15) is 0 Å². The SMILES string of the molecule is Cc1ccccc1N[C@H]1CCCC[C@@H]1[N+](=O)[O-]. The summed E-state index contributed by atoms with van der Waals surface area (Å²) in [6.07, 6.45) is 3.63. The predicted octanol–water partition coefficient (Wildman–Crippen LogP) is 2.99. The fourth-order valence-corrected chi connectivity index (χ4v) is 2.47. The highest BCUT2D eigenvalue weighted by Gasteiger charge is 2.33. The molecule has 1 aromatic carbocycles. The molecule has 0 spiro atoms. The predicted molar refractivity (Wildman–Crippen MR) is 67.8 cm³/mol. The van der Waals surface area contributed by atoms with Crippen LogP contribution in [0.4, 0.5) is 5.69 Å². The molecule has 4 heteroatoms. The highest BCUT2D eigenvalue weighted by molar-refractivity contribution is 5.51. The molecule has 17 heavy (non-hydrogen) atoms. The van der Waals surface area contributed by atoms with Gasteiger partial charge in [-0.05, 0) is 31.4 Å². The molecule has 0 aromatic heterocycles. The maximum atomic E-state index is 11.0. The van der Waals surface area contributed by atoms with Crippen LogP contribution in [0.5, 0.6) is 0 Å². The average Bonchev–Trinajstić information content (AvgIpc) is 2.32. The van der Waals surface area contributed by atoms with Crippen LogP contribution >= 0.6 is 0 Å². The third-order valence-corrected chi connectivity index (χ3v) is 3.49. The van der Waals surface area contributed by atoms with Gasteiger partial charge in [-0.15, -0.1) is 0 Å². The second-order valence-electron chi connectivity index (χ2n) is 4.70. The molecule has 1 fully saturated rings. The summed E-state index contributed by atoms with van der Waals surface area (Å²) in [7, 11) is 0. The van der Waals surface area contributed by atoms with Gasteiger partial charge in [-0.3, -0.25) is 10.1 Å². The van der Waals surface area contributed by atoms with Gasteiger partial charge in [0.25, 0.3) is 0 Å². The summed E-state index contributed by atoms with van der Waals surface area (Å²) in [6, 6.07) is 7.47. The first-order chi connectivity index (χ1) is 8.18. The van der Waals surface area contributed by atoms with Crippen LogP contribution in [0.3, 0.4) is 0 Å². The molecule has 2 atom stereocenters. The normalized spacial score (nSPS) is 24.3. The Kier molecular flexibility index (Phi) is 3.61. The zero-order valence-electron chi connectivity index (χ0n) is 10.1. The van der Waals surface area contributed by atoms with Crippen molar-refractivity contribution in [3.63, 3.8) is 0 Å². The summed E-state index contributed by atoms with van der Waals surface area (Å²) in [5.74, 6) is 0. The van der Waals surface area contributed by atoms with Crippen molar-refractivity contribution in [1.29, 1.82) is 0 Å². The molecule has 0 radical (unpaired) electrons. The quantitative estimate of drug-likeness (QED) is 0.646. The number of rotatable bonds is 3. The summed E-state index contributed by atoms with van der Waals surface area (Å²) in [4.78, 5) is 10.9. The van der Waals surface area contributed by atoms with Crippen molar-refractivity contribution in [2.24, 2.45) is 0 Å². The van der Waals surface area contributed by atoms with Crippen LogP contribution in [-0.4, -0.2) is 17.0 Å². The molecule has 1 aliphatic carbocycles. The number of nitrogens with zero attached hydrogens (tertiary/aromatic N) is 1.